The van der Waals surface area contributed by atoms with Gasteiger partial charge in [-0.25, -0.2) is 4.79 Å². The zero-order chi connectivity index (χ0) is 22.1. The van der Waals surface area contributed by atoms with Crippen molar-refractivity contribution >= 4 is 28.2 Å². The van der Waals surface area contributed by atoms with Gasteiger partial charge in [0.2, 0.25) is 5.91 Å². The molecule has 0 aliphatic heterocycles. The van der Waals surface area contributed by atoms with Crippen molar-refractivity contribution < 1.29 is 27.5 Å². The highest BCUT2D eigenvalue weighted by Crippen LogP contribution is 2.36. The average Bonchev–Trinajstić information content (AvgIpc) is 3.01. The number of amides is 1. The van der Waals surface area contributed by atoms with Crippen LogP contribution in [0.2, 0.25) is 0 Å². The van der Waals surface area contributed by atoms with Crippen molar-refractivity contribution in [3.8, 4) is 0 Å². The molecule has 0 saturated heterocycles. The highest BCUT2D eigenvalue weighted by atomic mass is 32.1. The van der Waals surface area contributed by atoms with Gasteiger partial charge >= 0.3 is 12.1 Å². The van der Waals surface area contributed by atoms with Crippen LogP contribution in [0.5, 0.6) is 0 Å². The number of thiophene rings is 1. The number of alkyl halides is 3. The third kappa shape index (κ3) is 4.53. The number of fused-ring (bicyclic) bond motifs is 1. The molecule has 6 nitrogen and oxygen atoms in total. The highest BCUT2D eigenvalue weighted by Gasteiger charge is 2.39. The fourth-order valence-electron chi connectivity index (χ4n) is 3.67. The number of esters is 1. The summed E-state index contributed by atoms with van der Waals surface area (Å²) in [6.45, 7) is 5.11. The predicted octanol–water partition coefficient (Wildman–Crippen LogP) is 4.66. The van der Waals surface area contributed by atoms with E-state index < -0.39 is 23.7 Å². The lowest BCUT2D eigenvalue weighted by atomic mass is 10.1. The molecule has 0 aromatic carbocycles. The van der Waals surface area contributed by atoms with E-state index >= 15 is 0 Å². The summed E-state index contributed by atoms with van der Waals surface area (Å²) in [6.07, 6.45) is -1.53. The standard InChI is InChI=1S/C20H24F3N3O3S/c1-4-29-19(28)16-11(2)12(3)30-18(16)24-15(27)10-26-14-9-7-5-6-8-13(14)17(25-26)20(21,22)23/h4-10H2,1-3H3,(H,24,27). The van der Waals surface area contributed by atoms with Crippen LogP contribution in [0, 0.1) is 13.8 Å². The van der Waals surface area contributed by atoms with E-state index in [1.54, 1.807) is 13.8 Å². The number of carbonyl (C=O) groups is 2. The molecule has 0 atom stereocenters. The van der Waals surface area contributed by atoms with Gasteiger partial charge in [0, 0.05) is 16.1 Å². The predicted molar refractivity (Wildman–Crippen MR) is 107 cm³/mol. The Morgan fingerprint density at radius 2 is 1.90 bits per heavy atom. The number of anilines is 1. The minimum absolute atomic E-state index is 0.195. The smallest absolute Gasteiger partial charge is 0.435 e. The van der Waals surface area contributed by atoms with Crippen LogP contribution in [-0.2, 0) is 35.1 Å². The highest BCUT2D eigenvalue weighted by molar-refractivity contribution is 7.16. The average molecular weight is 443 g/mol. The Kier molecular flexibility index (Phi) is 6.54. The largest absolute Gasteiger partial charge is 0.462 e. The van der Waals surface area contributed by atoms with E-state index in [-0.39, 0.29) is 24.3 Å². The second kappa shape index (κ2) is 8.79. The zero-order valence-electron chi connectivity index (χ0n) is 17.1. The number of hydrogen-bond donors (Lipinski definition) is 1. The van der Waals surface area contributed by atoms with Crippen LogP contribution in [0.3, 0.4) is 0 Å². The van der Waals surface area contributed by atoms with Crippen LogP contribution in [0.1, 0.15) is 63.9 Å². The van der Waals surface area contributed by atoms with Crippen molar-refractivity contribution in [2.75, 3.05) is 11.9 Å². The Morgan fingerprint density at radius 3 is 2.57 bits per heavy atom. The molecule has 0 saturated carbocycles. The Hall–Kier alpha value is -2.36. The fraction of sp³-hybridized carbons (Fsp3) is 0.550. The summed E-state index contributed by atoms with van der Waals surface area (Å²) < 4.78 is 46.6. The van der Waals surface area contributed by atoms with Gasteiger partial charge in [-0.15, -0.1) is 11.3 Å². The van der Waals surface area contributed by atoms with Gasteiger partial charge in [-0.3, -0.25) is 9.48 Å². The van der Waals surface area contributed by atoms with Gasteiger partial charge in [-0.1, -0.05) is 6.42 Å². The Bertz CT molecular complexity index is 963. The van der Waals surface area contributed by atoms with Gasteiger partial charge < -0.3 is 10.1 Å². The molecule has 0 spiro atoms. The molecule has 1 amide bonds. The number of aryl methyl sites for hydroxylation is 1. The molecule has 2 aromatic heterocycles. The topological polar surface area (TPSA) is 73.2 Å². The molecule has 0 radical (unpaired) electrons. The number of ether oxygens (including phenoxy) is 1. The van der Waals surface area contributed by atoms with Crippen molar-refractivity contribution in [2.45, 2.75) is 65.6 Å². The molecule has 164 valence electrons. The third-order valence-electron chi connectivity index (χ3n) is 5.19. The third-order valence-corrected chi connectivity index (χ3v) is 6.31. The first-order chi connectivity index (χ1) is 14.1. The number of halogens is 3. The number of aromatic nitrogens is 2. The molecule has 1 N–H and O–H groups in total. The number of carbonyl (C=O) groups excluding carboxylic acids is 2. The van der Waals surface area contributed by atoms with E-state index in [2.05, 4.69) is 10.4 Å². The molecule has 1 aliphatic carbocycles. The van der Waals surface area contributed by atoms with E-state index in [0.29, 0.717) is 35.5 Å². The van der Waals surface area contributed by atoms with Crippen molar-refractivity contribution in [2.24, 2.45) is 0 Å². The summed E-state index contributed by atoms with van der Waals surface area (Å²) >= 11 is 1.23. The molecule has 0 fully saturated rings. The van der Waals surface area contributed by atoms with E-state index in [1.807, 2.05) is 6.92 Å². The molecular weight excluding hydrogens is 419 g/mol. The van der Waals surface area contributed by atoms with Crippen molar-refractivity contribution in [1.82, 2.24) is 9.78 Å². The second-order valence-electron chi connectivity index (χ2n) is 7.25. The lowest BCUT2D eigenvalue weighted by molar-refractivity contribution is -0.142. The normalized spacial score (nSPS) is 14.2. The Labute approximate surface area is 176 Å². The monoisotopic (exact) mass is 443 g/mol. The maximum Gasteiger partial charge on any atom is 0.435 e. The molecule has 0 bridgehead atoms. The van der Waals surface area contributed by atoms with Gasteiger partial charge in [0.25, 0.3) is 0 Å². The minimum Gasteiger partial charge on any atom is -0.462 e. The summed E-state index contributed by atoms with van der Waals surface area (Å²) in [4.78, 5) is 25.8. The van der Waals surface area contributed by atoms with Crippen molar-refractivity contribution in [3.05, 3.63) is 33.0 Å². The van der Waals surface area contributed by atoms with Gasteiger partial charge in [0.15, 0.2) is 5.69 Å². The molecule has 30 heavy (non-hydrogen) atoms. The number of nitrogens with one attached hydrogen (secondary N) is 1. The van der Waals surface area contributed by atoms with Crippen molar-refractivity contribution in [3.63, 3.8) is 0 Å². The lowest BCUT2D eigenvalue weighted by Crippen LogP contribution is -2.22. The molecule has 3 rings (SSSR count). The molecule has 2 heterocycles. The van der Waals surface area contributed by atoms with Crippen LogP contribution in [-0.4, -0.2) is 28.3 Å². The first-order valence-electron chi connectivity index (χ1n) is 9.86. The minimum atomic E-state index is -4.56. The molecule has 10 heteroatoms. The number of hydrogen-bond acceptors (Lipinski definition) is 5. The van der Waals surface area contributed by atoms with E-state index in [9.17, 15) is 22.8 Å². The quantitative estimate of drug-likeness (QED) is 0.539. The summed E-state index contributed by atoms with van der Waals surface area (Å²) in [5.41, 5.74) is 0.758. The molecule has 1 aliphatic rings. The maximum absolute atomic E-state index is 13.4. The van der Waals surface area contributed by atoms with Crippen LogP contribution >= 0.6 is 11.3 Å². The lowest BCUT2D eigenvalue weighted by Gasteiger charge is -2.09. The van der Waals surface area contributed by atoms with Crippen LogP contribution < -0.4 is 5.32 Å². The zero-order valence-corrected chi connectivity index (χ0v) is 17.9. The Morgan fingerprint density at radius 1 is 1.20 bits per heavy atom. The number of rotatable bonds is 5. The van der Waals surface area contributed by atoms with Gasteiger partial charge in [-0.05, 0) is 52.0 Å². The molecular formula is C20H24F3N3O3S. The van der Waals surface area contributed by atoms with Gasteiger partial charge in [-0.2, -0.15) is 18.3 Å². The summed E-state index contributed by atoms with van der Waals surface area (Å²) in [6, 6.07) is 0. The first-order valence-corrected chi connectivity index (χ1v) is 10.7. The van der Waals surface area contributed by atoms with Crippen LogP contribution in [0.4, 0.5) is 18.2 Å². The van der Waals surface area contributed by atoms with Crippen molar-refractivity contribution in [1.29, 1.82) is 0 Å². The molecule has 2 aromatic rings. The summed E-state index contributed by atoms with van der Waals surface area (Å²) in [5, 5.41) is 6.74. The SMILES string of the molecule is CCOC(=O)c1c(NC(=O)Cn2nc(C(F)(F)F)c3c2CCCCC3)sc(C)c1C. The van der Waals surface area contributed by atoms with E-state index in [1.165, 1.54) is 11.3 Å². The summed E-state index contributed by atoms with van der Waals surface area (Å²) in [5.74, 6) is -1.08. The fourth-order valence-corrected chi connectivity index (χ4v) is 4.74. The van der Waals surface area contributed by atoms with E-state index in [0.717, 1.165) is 22.4 Å². The molecule has 0 unspecified atom stereocenters. The number of nitrogens with zero attached hydrogens (tertiary/aromatic N) is 2. The summed E-state index contributed by atoms with van der Waals surface area (Å²) in [7, 11) is 0. The van der Waals surface area contributed by atoms with Gasteiger partial charge in [0.1, 0.15) is 11.5 Å². The first kappa shape index (κ1) is 22.3. The maximum atomic E-state index is 13.4. The van der Waals surface area contributed by atoms with Crippen LogP contribution in [0.25, 0.3) is 0 Å². The Balaban J connectivity index is 1.87. The van der Waals surface area contributed by atoms with Crippen LogP contribution in [0.15, 0.2) is 0 Å². The van der Waals surface area contributed by atoms with Gasteiger partial charge in [0.05, 0.1) is 12.2 Å². The second-order valence-corrected chi connectivity index (χ2v) is 8.47. The van der Waals surface area contributed by atoms with E-state index in [4.69, 9.17) is 4.74 Å².